The van der Waals surface area contributed by atoms with E-state index in [-0.39, 0.29) is 68.3 Å². The standard InChI is InChI=1S/C21H22N4O6/c26-16(20-21(30)24-15-5-2-1-4-14(15)23-20)6-3-10-22-17(27)9-12-31-13-11-25-18(28)7-8-19(25)29/h1-2,4-5,7-8H,3,6,9-13H2,(H,22,27)(H,24,30). The van der Waals surface area contributed by atoms with Gasteiger partial charge in [-0.2, -0.15) is 0 Å². The van der Waals surface area contributed by atoms with Crippen molar-refractivity contribution in [1.82, 2.24) is 20.2 Å². The van der Waals surface area contributed by atoms with E-state index < -0.39 is 5.56 Å². The van der Waals surface area contributed by atoms with Gasteiger partial charge >= 0.3 is 0 Å². The van der Waals surface area contributed by atoms with Crippen LogP contribution in [0.5, 0.6) is 0 Å². The zero-order valence-corrected chi connectivity index (χ0v) is 16.8. The number of nitrogens with zero attached hydrogens (tertiary/aromatic N) is 2. The number of ketones is 1. The van der Waals surface area contributed by atoms with Gasteiger partial charge in [-0.1, -0.05) is 12.1 Å². The Bertz CT molecular complexity index is 1070. The van der Waals surface area contributed by atoms with E-state index in [1.807, 2.05) is 0 Å². The summed E-state index contributed by atoms with van der Waals surface area (Å²) in [6.45, 7) is 0.702. The Kier molecular flexibility index (Phi) is 7.39. The van der Waals surface area contributed by atoms with Gasteiger partial charge in [0.15, 0.2) is 11.5 Å². The molecule has 0 radical (unpaired) electrons. The van der Waals surface area contributed by atoms with Gasteiger partial charge in [-0.25, -0.2) is 4.98 Å². The quantitative estimate of drug-likeness (QED) is 0.300. The van der Waals surface area contributed by atoms with Gasteiger partial charge in [0.2, 0.25) is 5.91 Å². The van der Waals surface area contributed by atoms with Gasteiger partial charge in [-0.15, -0.1) is 0 Å². The molecule has 0 spiro atoms. The molecule has 162 valence electrons. The Morgan fingerprint density at radius 3 is 2.55 bits per heavy atom. The van der Waals surface area contributed by atoms with Gasteiger partial charge in [0.1, 0.15) is 0 Å². The fourth-order valence-corrected chi connectivity index (χ4v) is 2.98. The largest absolute Gasteiger partial charge is 0.379 e. The number of carbonyl (C=O) groups excluding carboxylic acids is 4. The van der Waals surface area contributed by atoms with Crippen LogP contribution in [0.3, 0.4) is 0 Å². The topological polar surface area (TPSA) is 139 Å². The number of amides is 3. The molecule has 0 fully saturated rings. The summed E-state index contributed by atoms with van der Waals surface area (Å²) in [5.74, 6) is -1.38. The number of ether oxygens (including phenoxy) is 1. The van der Waals surface area contributed by atoms with E-state index >= 15 is 0 Å². The van der Waals surface area contributed by atoms with Gasteiger partial charge in [0.25, 0.3) is 17.4 Å². The van der Waals surface area contributed by atoms with Gasteiger partial charge in [-0.05, 0) is 18.6 Å². The summed E-state index contributed by atoms with van der Waals surface area (Å²) in [6, 6.07) is 6.95. The van der Waals surface area contributed by atoms with Crippen molar-refractivity contribution in [2.24, 2.45) is 0 Å². The van der Waals surface area contributed by atoms with Crippen molar-refractivity contribution in [1.29, 1.82) is 0 Å². The van der Waals surface area contributed by atoms with Crippen LogP contribution < -0.4 is 10.9 Å². The molecule has 10 nitrogen and oxygen atoms in total. The lowest BCUT2D eigenvalue weighted by atomic mass is 10.1. The maximum Gasteiger partial charge on any atom is 0.278 e. The van der Waals surface area contributed by atoms with Crippen LogP contribution in [0.15, 0.2) is 41.2 Å². The van der Waals surface area contributed by atoms with E-state index in [0.717, 1.165) is 4.90 Å². The first-order valence-corrected chi connectivity index (χ1v) is 9.86. The van der Waals surface area contributed by atoms with Gasteiger partial charge < -0.3 is 15.0 Å². The number of nitrogens with one attached hydrogen (secondary N) is 2. The Morgan fingerprint density at radius 2 is 1.77 bits per heavy atom. The fraction of sp³-hybridized carbons (Fsp3) is 0.333. The zero-order valence-electron chi connectivity index (χ0n) is 16.8. The van der Waals surface area contributed by atoms with Crippen molar-refractivity contribution in [3.8, 4) is 0 Å². The van der Waals surface area contributed by atoms with E-state index in [9.17, 15) is 24.0 Å². The highest BCUT2D eigenvalue weighted by Crippen LogP contribution is 2.07. The van der Waals surface area contributed by atoms with E-state index in [1.54, 1.807) is 24.3 Å². The Hall–Kier alpha value is -3.66. The summed E-state index contributed by atoms with van der Waals surface area (Å²) in [5, 5.41) is 2.67. The molecule has 31 heavy (non-hydrogen) atoms. The monoisotopic (exact) mass is 426 g/mol. The lowest BCUT2D eigenvalue weighted by molar-refractivity contribution is -0.138. The third-order valence-electron chi connectivity index (χ3n) is 4.60. The number of H-pyrrole nitrogens is 1. The molecule has 2 N–H and O–H groups in total. The van der Waals surface area contributed by atoms with E-state index in [1.165, 1.54) is 12.2 Å². The van der Waals surface area contributed by atoms with Crippen LogP contribution in [-0.2, 0) is 19.1 Å². The molecule has 1 aromatic heterocycles. The lowest BCUT2D eigenvalue weighted by Crippen LogP contribution is -2.33. The average Bonchev–Trinajstić information content (AvgIpc) is 3.07. The average molecular weight is 426 g/mol. The highest BCUT2D eigenvalue weighted by Gasteiger charge is 2.22. The third kappa shape index (κ3) is 5.92. The van der Waals surface area contributed by atoms with E-state index in [0.29, 0.717) is 17.5 Å². The predicted molar refractivity (Wildman–Crippen MR) is 110 cm³/mol. The molecule has 2 aromatic rings. The Balaban J connectivity index is 1.31. The molecule has 0 bridgehead atoms. The number of rotatable bonds is 11. The highest BCUT2D eigenvalue weighted by molar-refractivity contribution is 6.12. The maximum absolute atomic E-state index is 12.3. The number of fused-ring (bicyclic) bond motifs is 1. The van der Waals surface area contributed by atoms with Crippen LogP contribution in [0.2, 0.25) is 0 Å². The molecule has 0 atom stereocenters. The molecule has 1 aromatic carbocycles. The van der Waals surface area contributed by atoms with Crippen molar-refractivity contribution >= 4 is 34.5 Å². The number of hydrogen-bond donors (Lipinski definition) is 2. The minimum Gasteiger partial charge on any atom is -0.379 e. The molecular weight excluding hydrogens is 404 g/mol. The summed E-state index contributed by atoms with van der Waals surface area (Å²) in [4.78, 5) is 66.7. The molecule has 1 aliphatic heterocycles. The minimum absolute atomic E-state index is 0.0805. The first kappa shape index (κ1) is 22.0. The van der Waals surface area contributed by atoms with Crippen LogP contribution in [-0.4, -0.2) is 64.7 Å². The smallest absolute Gasteiger partial charge is 0.278 e. The SMILES string of the molecule is O=C(CCOCCN1C(=O)C=CC1=O)NCCCC(=O)c1nc2ccccc2[nH]c1=O. The second-order valence-electron chi connectivity index (χ2n) is 6.83. The number of carbonyl (C=O) groups is 4. The molecule has 0 unspecified atom stereocenters. The van der Waals surface area contributed by atoms with Crippen LogP contribution >= 0.6 is 0 Å². The molecular formula is C21H22N4O6. The third-order valence-corrected chi connectivity index (χ3v) is 4.60. The van der Waals surface area contributed by atoms with Crippen molar-refractivity contribution in [2.75, 3.05) is 26.3 Å². The molecule has 2 heterocycles. The lowest BCUT2D eigenvalue weighted by Gasteiger charge is -2.13. The summed E-state index contributed by atoms with van der Waals surface area (Å²) >= 11 is 0. The van der Waals surface area contributed by atoms with Crippen molar-refractivity contribution in [2.45, 2.75) is 19.3 Å². The number of Topliss-reactive ketones (excluding diaryl/α,β-unsaturated/α-hetero) is 1. The second-order valence-corrected chi connectivity index (χ2v) is 6.83. The minimum atomic E-state index is -0.530. The van der Waals surface area contributed by atoms with Crippen molar-refractivity contribution < 1.29 is 23.9 Å². The summed E-state index contributed by atoms with van der Waals surface area (Å²) in [5.41, 5.74) is 0.434. The number of benzene rings is 1. The Morgan fingerprint density at radius 1 is 1.03 bits per heavy atom. The number of aromatic amines is 1. The Labute approximate surface area is 177 Å². The van der Waals surface area contributed by atoms with Crippen molar-refractivity contribution in [3.05, 3.63) is 52.5 Å². The molecule has 3 amide bonds. The molecule has 1 aliphatic rings. The predicted octanol–water partition coefficient (Wildman–Crippen LogP) is 0.334. The van der Waals surface area contributed by atoms with Crippen LogP contribution in [0, 0.1) is 0 Å². The summed E-state index contributed by atoms with van der Waals surface area (Å²) in [6.07, 6.45) is 2.96. The normalized spacial score (nSPS) is 13.2. The van der Waals surface area contributed by atoms with Gasteiger partial charge in [0, 0.05) is 31.5 Å². The number of para-hydroxylation sites is 2. The van der Waals surface area contributed by atoms with Crippen molar-refractivity contribution in [3.63, 3.8) is 0 Å². The number of aromatic nitrogens is 2. The first-order chi connectivity index (χ1) is 15.0. The maximum atomic E-state index is 12.3. The van der Waals surface area contributed by atoms with Crippen LogP contribution in [0.1, 0.15) is 29.8 Å². The summed E-state index contributed by atoms with van der Waals surface area (Å²) in [7, 11) is 0. The van der Waals surface area contributed by atoms with E-state index in [4.69, 9.17) is 4.74 Å². The van der Waals surface area contributed by atoms with Crippen LogP contribution in [0.4, 0.5) is 0 Å². The summed E-state index contributed by atoms with van der Waals surface area (Å²) < 4.78 is 5.28. The number of imide groups is 1. The van der Waals surface area contributed by atoms with Gasteiger partial charge in [-0.3, -0.25) is 28.9 Å². The fourth-order valence-electron chi connectivity index (χ4n) is 2.98. The van der Waals surface area contributed by atoms with Crippen LogP contribution in [0.25, 0.3) is 11.0 Å². The molecule has 0 saturated carbocycles. The van der Waals surface area contributed by atoms with E-state index in [2.05, 4.69) is 15.3 Å². The zero-order chi connectivity index (χ0) is 22.2. The molecule has 0 aliphatic carbocycles. The first-order valence-electron chi connectivity index (χ1n) is 9.86. The molecule has 10 heteroatoms. The second kappa shape index (κ2) is 10.4. The highest BCUT2D eigenvalue weighted by atomic mass is 16.5. The molecule has 3 rings (SSSR count). The molecule has 0 saturated heterocycles. The van der Waals surface area contributed by atoms with Gasteiger partial charge in [0.05, 0.1) is 30.8 Å². The number of hydrogen-bond acceptors (Lipinski definition) is 7.